The Hall–Kier alpha value is -1.89. The summed E-state index contributed by atoms with van der Waals surface area (Å²) in [6.07, 6.45) is 0. The second kappa shape index (κ2) is 5.96. The third-order valence-electron chi connectivity index (χ3n) is 3.38. The van der Waals surface area contributed by atoms with Gasteiger partial charge in [-0.15, -0.1) is 0 Å². The molecule has 7 heteroatoms. The van der Waals surface area contributed by atoms with Crippen molar-refractivity contribution in [3.05, 3.63) is 34.3 Å². The van der Waals surface area contributed by atoms with Crippen LogP contribution in [0.15, 0.2) is 28.7 Å². The summed E-state index contributed by atoms with van der Waals surface area (Å²) >= 11 is 3.35. The van der Waals surface area contributed by atoms with Gasteiger partial charge in [0, 0.05) is 4.47 Å². The van der Waals surface area contributed by atoms with Gasteiger partial charge in [0.1, 0.15) is 17.7 Å². The lowest BCUT2D eigenvalue weighted by Crippen LogP contribution is -2.42. The van der Waals surface area contributed by atoms with E-state index in [0.717, 1.165) is 9.37 Å². The van der Waals surface area contributed by atoms with E-state index in [1.54, 1.807) is 45.9 Å². The molecule has 124 valence electrons. The summed E-state index contributed by atoms with van der Waals surface area (Å²) < 4.78 is 5.96. The van der Waals surface area contributed by atoms with Crippen LogP contribution in [-0.4, -0.2) is 35.0 Å². The summed E-state index contributed by atoms with van der Waals surface area (Å²) in [6.45, 7) is 6.38. The van der Waals surface area contributed by atoms with Crippen LogP contribution in [0.2, 0.25) is 0 Å². The number of amides is 3. The average molecular weight is 383 g/mol. The summed E-state index contributed by atoms with van der Waals surface area (Å²) in [4.78, 5) is 37.6. The van der Waals surface area contributed by atoms with Gasteiger partial charge in [0.2, 0.25) is 0 Å². The number of nitrogens with one attached hydrogen (secondary N) is 1. The number of carbonyl (C=O) groups excluding carboxylic acids is 3. The van der Waals surface area contributed by atoms with Gasteiger partial charge in [0.25, 0.3) is 5.91 Å². The molecule has 2 rings (SSSR count). The highest BCUT2D eigenvalue weighted by molar-refractivity contribution is 9.10. The van der Waals surface area contributed by atoms with Crippen molar-refractivity contribution in [1.29, 1.82) is 0 Å². The molecule has 1 aliphatic rings. The van der Waals surface area contributed by atoms with Gasteiger partial charge in [-0.1, -0.05) is 28.1 Å². The Bertz CT molecular complexity index is 668. The number of ether oxygens (including phenoxy) is 1. The van der Waals surface area contributed by atoms with Gasteiger partial charge in [-0.2, -0.15) is 0 Å². The zero-order valence-corrected chi connectivity index (χ0v) is 15.1. The maximum atomic E-state index is 12.7. The van der Waals surface area contributed by atoms with Crippen molar-refractivity contribution in [3.63, 3.8) is 0 Å². The fourth-order valence-electron chi connectivity index (χ4n) is 2.34. The van der Waals surface area contributed by atoms with Crippen molar-refractivity contribution in [2.75, 3.05) is 6.54 Å². The largest absolute Gasteiger partial charge is 0.459 e. The van der Waals surface area contributed by atoms with Crippen LogP contribution in [0.4, 0.5) is 4.79 Å². The first-order valence-corrected chi connectivity index (χ1v) is 7.94. The predicted octanol–water partition coefficient (Wildman–Crippen LogP) is 2.56. The highest BCUT2D eigenvalue weighted by atomic mass is 79.9. The summed E-state index contributed by atoms with van der Waals surface area (Å²) in [5, 5.41) is 2.65. The van der Waals surface area contributed by atoms with Gasteiger partial charge in [-0.05, 0) is 45.4 Å². The maximum Gasteiger partial charge on any atom is 0.326 e. The molecule has 1 N–H and O–H groups in total. The van der Waals surface area contributed by atoms with Crippen LogP contribution in [0.5, 0.6) is 0 Å². The SMILES string of the molecule is CC(C)(C)OC(=O)CN1C(=O)NC(C)(c2cccc(Br)c2)C1=O. The maximum absolute atomic E-state index is 12.7. The van der Waals surface area contributed by atoms with Crippen LogP contribution in [0.3, 0.4) is 0 Å². The molecule has 1 aromatic carbocycles. The Morgan fingerprint density at radius 3 is 2.57 bits per heavy atom. The quantitative estimate of drug-likeness (QED) is 0.643. The predicted molar refractivity (Wildman–Crippen MR) is 87.6 cm³/mol. The Kier molecular flexibility index (Phi) is 4.52. The lowest BCUT2D eigenvalue weighted by Gasteiger charge is -2.23. The second-order valence-electron chi connectivity index (χ2n) is 6.54. The number of esters is 1. The molecule has 23 heavy (non-hydrogen) atoms. The van der Waals surface area contributed by atoms with E-state index in [0.29, 0.717) is 5.56 Å². The van der Waals surface area contributed by atoms with Gasteiger partial charge in [-0.25, -0.2) is 4.79 Å². The number of benzene rings is 1. The van der Waals surface area contributed by atoms with E-state index in [1.807, 2.05) is 6.07 Å². The molecular weight excluding hydrogens is 364 g/mol. The highest BCUT2D eigenvalue weighted by Gasteiger charge is 2.49. The molecule has 1 heterocycles. The van der Waals surface area contributed by atoms with Crippen LogP contribution < -0.4 is 5.32 Å². The summed E-state index contributed by atoms with van der Waals surface area (Å²) in [5.74, 6) is -1.11. The zero-order valence-electron chi connectivity index (χ0n) is 13.5. The van der Waals surface area contributed by atoms with E-state index < -0.39 is 35.6 Å². The minimum atomic E-state index is -1.21. The third-order valence-corrected chi connectivity index (χ3v) is 3.88. The summed E-state index contributed by atoms with van der Waals surface area (Å²) in [5.41, 5.74) is -1.25. The Labute approximate surface area is 143 Å². The number of imide groups is 1. The molecule has 1 atom stereocenters. The standard InChI is InChI=1S/C16H19BrN2O4/c1-15(2,3)23-12(20)9-19-13(21)16(4,18-14(19)22)10-6-5-7-11(17)8-10/h5-8H,9H2,1-4H3,(H,18,22). The molecular formula is C16H19BrN2O4. The molecule has 0 bridgehead atoms. The number of hydrogen-bond donors (Lipinski definition) is 1. The molecule has 0 aliphatic carbocycles. The zero-order chi connectivity index (χ0) is 17.4. The van der Waals surface area contributed by atoms with E-state index in [2.05, 4.69) is 21.2 Å². The molecule has 1 fully saturated rings. The van der Waals surface area contributed by atoms with Gasteiger partial charge < -0.3 is 10.1 Å². The van der Waals surface area contributed by atoms with Crippen molar-refractivity contribution in [2.45, 2.75) is 38.8 Å². The first kappa shape index (κ1) is 17.5. The fraction of sp³-hybridized carbons (Fsp3) is 0.438. The topological polar surface area (TPSA) is 75.7 Å². The van der Waals surface area contributed by atoms with E-state index in [-0.39, 0.29) is 0 Å². The highest BCUT2D eigenvalue weighted by Crippen LogP contribution is 2.30. The third kappa shape index (κ3) is 3.72. The Balaban J connectivity index is 2.21. The van der Waals surface area contributed by atoms with Crippen LogP contribution in [-0.2, 0) is 19.9 Å². The number of urea groups is 1. The lowest BCUT2D eigenvalue weighted by atomic mass is 9.92. The number of halogens is 1. The number of carbonyl (C=O) groups is 3. The van der Waals surface area contributed by atoms with Crippen LogP contribution in [0, 0.1) is 0 Å². The minimum absolute atomic E-state index is 0.411. The van der Waals surface area contributed by atoms with Crippen molar-refractivity contribution in [3.8, 4) is 0 Å². The number of rotatable bonds is 3. The van der Waals surface area contributed by atoms with Gasteiger partial charge in [0.15, 0.2) is 0 Å². The lowest BCUT2D eigenvalue weighted by molar-refractivity contribution is -0.157. The molecule has 1 unspecified atom stereocenters. The van der Waals surface area contributed by atoms with Crippen molar-refractivity contribution in [2.24, 2.45) is 0 Å². The fourth-order valence-corrected chi connectivity index (χ4v) is 2.74. The van der Waals surface area contributed by atoms with E-state index in [9.17, 15) is 14.4 Å². The van der Waals surface area contributed by atoms with E-state index in [4.69, 9.17) is 4.74 Å². The Morgan fingerprint density at radius 2 is 2.00 bits per heavy atom. The van der Waals surface area contributed by atoms with E-state index >= 15 is 0 Å². The average Bonchev–Trinajstić information content (AvgIpc) is 2.61. The molecule has 3 amide bonds. The molecule has 6 nitrogen and oxygen atoms in total. The molecule has 1 saturated heterocycles. The van der Waals surface area contributed by atoms with Crippen molar-refractivity contribution in [1.82, 2.24) is 10.2 Å². The molecule has 0 aromatic heterocycles. The number of hydrogen-bond acceptors (Lipinski definition) is 4. The van der Waals surface area contributed by atoms with Crippen LogP contribution >= 0.6 is 15.9 Å². The van der Waals surface area contributed by atoms with Crippen LogP contribution in [0.25, 0.3) is 0 Å². The van der Waals surface area contributed by atoms with Gasteiger partial charge in [-0.3, -0.25) is 14.5 Å². The van der Waals surface area contributed by atoms with Crippen LogP contribution in [0.1, 0.15) is 33.3 Å². The monoisotopic (exact) mass is 382 g/mol. The number of nitrogens with zero attached hydrogens (tertiary/aromatic N) is 1. The first-order valence-electron chi connectivity index (χ1n) is 7.15. The van der Waals surface area contributed by atoms with Gasteiger partial charge in [0.05, 0.1) is 0 Å². The minimum Gasteiger partial charge on any atom is -0.459 e. The summed E-state index contributed by atoms with van der Waals surface area (Å²) in [6, 6.07) is 6.51. The second-order valence-corrected chi connectivity index (χ2v) is 7.46. The van der Waals surface area contributed by atoms with E-state index in [1.165, 1.54) is 0 Å². The normalized spacial score (nSPS) is 21.3. The smallest absolute Gasteiger partial charge is 0.326 e. The van der Waals surface area contributed by atoms with Crippen molar-refractivity contribution >= 4 is 33.8 Å². The molecule has 0 radical (unpaired) electrons. The molecule has 1 aliphatic heterocycles. The Morgan fingerprint density at radius 1 is 1.35 bits per heavy atom. The summed E-state index contributed by atoms with van der Waals surface area (Å²) in [7, 11) is 0. The first-order chi connectivity index (χ1) is 10.5. The molecule has 0 saturated carbocycles. The van der Waals surface area contributed by atoms with Crippen molar-refractivity contribution < 1.29 is 19.1 Å². The molecule has 0 spiro atoms. The van der Waals surface area contributed by atoms with Gasteiger partial charge >= 0.3 is 12.0 Å². The molecule has 1 aromatic rings.